The lowest BCUT2D eigenvalue weighted by molar-refractivity contribution is 0.331. The first-order chi connectivity index (χ1) is 14.5. The summed E-state index contributed by atoms with van der Waals surface area (Å²) in [4.78, 5) is 7.00. The van der Waals surface area contributed by atoms with Gasteiger partial charge in [-0.3, -0.25) is 9.89 Å². The molecule has 0 saturated carbocycles. The van der Waals surface area contributed by atoms with E-state index in [-0.39, 0.29) is 28.9 Å². The van der Waals surface area contributed by atoms with Gasteiger partial charge in [-0.2, -0.15) is 0 Å². The topological polar surface area (TPSA) is 85.8 Å². The molecule has 1 aliphatic heterocycles. The minimum atomic E-state index is -3.45. The normalized spacial score (nSPS) is 14.8. The molecule has 0 unspecified atom stereocenters. The van der Waals surface area contributed by atoms with Crippen molar-refractivity contribution in [3.8, 4) is 0 Å². The van der Waals surface area contributed by atoms with Crippen LogP contribution in [-0.2, 0) is 29.7 Å². The number of guanidine groups is 1. The second kappa shape index (κ2) is 12.4. The molecular formula is C22H32IN5O2S. The number of rotatable bonds is 8. The van der Waals surface area contributed by atoms with E-state index < -0.39 is 10.0 Å². The van der Waals surface area contributed by atoms with Crippen LogP contribution in [0.15, 0.2) is 58.4 Å². The second-order valence-electron chi connectivity index (χ2n) is 7.43. The number of benzene rings is 2. The van der Waals surface area contributed by atoms with Gasteiger partial charge < -0.3 is 10.6 Å². The molecule has 2 aromatic carbocycles. The van der Waals surface area contributed by atoms with Crippen LogP contribution in [0.4, 0.5) is 0 Å². The summed E-state index contributed by atoms with van der Waals surface area (Å²) in [5.41, 5.74) is 3.39. The van der Waals surface area contributed by atoms with E-state index in [0.29, 0.717) is 19.0 Å². The van der Waals surface area contributed by atoms with Gasteiger partial charge in [-0.25, -0.2) is 13.1 Å². The molecule has 1 saturated heterocycles. The van der Waals surface area contributed by atoms with E-state index in [2.05, 4.69) is 49.5 Å². The predicted octanol–water partition coefficient (Wildman–Crippen LogP) is 2.67. The fourth-order valence-electron chi connectivity index (χ4n) is 3.49. The number of hydrogen-bond acceptors (Lipinski definition) is 4. The van der Waals surface area contributed by atoms with Gasteiger partial charge in [0.25, 0.3) is 0 Å². The van der Waals surface area contributed by atoms with Crippen LogP contribution in [-0.4, -0.2) is 46.5 Å². The largest absolute Gasteiger partial charge is 0.352 e. The summed E-state index contributed by atoms with van der Waals surface area (Å²) < 4.78 is 26.3. The zero-order valence-electron chi connectivity index (χ0n) is 18.1. The Morgan fingerprint density at radius 3 is 2.19 bits per heavy atom. The van der Waals surface area contributed by atoms with E-state index >= 15 is 0 Å². The Morgan fingerprint density at radius 2 is 1.58 bits per heavy atom. The Labute approximate surface area is 202 Å². The Balaban J connectivity index is 0.00000341. The van der Waals surface area contributed by atoms with Gasteiger partial charge in [0.15, 0.2) is 5.96 Å². The van der Waals surface area contributed by atoms with E-state index in [0.717, 1.165) is 12.1 Å². The number of nitrogens with one attached hydrogen (secondary N) is 3. The molecule has 0 amide bonds. The Bertz CT molecular complexity index is 958. The quantitative estimate of drug-likeness (QED) is 0.264. The zero-order valence-corrected chi connectivity index (χ0v) is 21.2. The van der Waals surface area contributed by atoms with Crippen LogP contribution in [0.3, 0.4) is 0 Å². The molecule has 9 heteroatoms. The van der Waals surface area contributed by atoms with Gasteiger partial charge in [0.2, 0.25) is 10.0 Å². The van der Waals surface area contributed by atoms with Crippen molar-refractivity contribution in [1.82, 2.24) is 20.3 Å². The summed E-state index contributed by atoms with van der Waals surface area (Å²) >= 11 is 0. The highest BCUT2D eigenvalue weighted by atomic mass is 127. The molecule has 1 fully saturated rings. The fraction of sp³-hybridized carbons (Fsp3) is 0.409. The van der Waals surface area contributed by atoms with Crippen LogP contribution in [0.5, 0.6) is 0 Å². The van der Waals surface area contributed by atoms with E-state index in [1.165, 1.54) is 44.1 Å². The molecule has 3 N–H and O–H groups in total. The van der Waals surface area contributed by atoms with E-state index in [4.69, 9.17) is 0 Å². The molecule has 0 bridgehead atoms. The third-order valence-electron chi connectivity index (χ3n) is 5.25. The van der Waals surface area contributed by atoms with Crippen LogP contribution in [0.25, 0.3) is 0 Å². The first-order valence-corrected chi connectivity index (χ1v) is 11.8. The van der Waals surface area contributed by atoms with Gasteiger partial charge in [-0.1, -0.05) is 36.4 Å². The maximum Gasteiger partial charge on any atom is 0.240 e. The van der Waals surface area contributed by atoms with Crippen molar-refractivity contribution in [3.63, 3.8) is 0 Å². The molecule has 0 aliphatic carbocycles. The van der Waals surface area contributed by atoms with Crippen molar-refractivity contribution in [1.29, 1.82) is 0 Å². The second-order valence-corrected chi connectivity index (χ2v) is 9.32. The van der Waals surface area contributed by atoms with Crippen molar-refractivity contribution in [2.24, 2.45) is 4.99 Å². The number of sulfonamides is 1. The molecule has 3 rings (SSSR count). The van der Waals surface area contributed by atoms with Gasteiger partial charge in [0.1, 0.15) is 0 Å². The number of nitrogens with zero attached hydrogens (tertiary/aromatic N) is 2. The van der Waals surface area contributed by atoms with Crippen LogP contribution in [0.2, 0.25) is 0 Å². The maximum absolute atomic E-state index is 12.0. The third kappa shape index (κ3) is 7.74. The summed E-state index contributed by atoms with van der Waals surface area (Å²) in [5.74, 6) is 0.665. The van der Waals surface area contributed by atoms with Crippen molar-refractivity contribution >= 4 is 40.0 Å². The monoisotopic (exact) mass is 557 g/mol. The smallest absolute Gasteiger partial charge is 0.240 e. The summed E-state index contributed by atoms with van der Waals surface area (Å²) in [7, 11) is -0.323. The lowest BCUT2D eigenvalue weighted by Gasteiger charge is -2.15. The molecule has 0 spiro atoms. The summed E-state index contributed by atoms with van der Waals surface area (Å²) in [6.07, 6.45) is 2.62. The lowest BCUT2D eigenvalue weighted by Crippen LogP contribution is -2.36. The van der Waals surface area contributed by atoms with Gasteiger partial charge in [0.05, 0.1) is 4.90 Å². The molecule has 7 nitrogen and oxygen atoms in total. The Hall–Kier alpha value is -1.69. The van der Waals surface area contributed by atoms with Gasteiger partial charge >= 0.3 is 0 Å². The van der Waals surface area contributed by atoms with Gasteiger partial charge in [-0.15, -0.1) is 24.0 Å². The van der Waals surface area contributed by atoms with Gasteiger partial charge in [-0.05, 0) is 61.8 Å². The Kier molecular flexibility index (Phi) is 10.2. The first kappa shape index (κ1) is 25.6. The number of likely N-dealkylation sites (tertiary alicyclic amines) is 1. The van der Waals surface area contributed by atoms with E-state index in [1.807, 2.05) is 6.07 Å². The molecule has 2 aromatic rings. The van der Waals surface area contributed by atoms with Crippen molar-refractivity contribution in [2.75, 3.05) is 27.2 Å². The molecule has 1 heterocycles. The summed E-state index contributed by atoms with van der Waals surface area (Å²) in [5, 5.41) is 6.53. The Morgan fingerprint density at radius 1 is 0.968 bits per heavy atom. The fourth-order valence-corrected chi connectivity index (χ4v) is 4.29. The van der Waals surface area contributed by atoms with E-state index in [1.54, 1.807) is 25.2 Å². The number of aliphatic imine (C=N–C) groups is 1. The van der Waals surface area contributed by atoms with Crippen LogP contribution in [0.1, 0.15) is 29.5 Å². The molecule has 0 atom stereocenters. The maximum atomic E-state index is 12.0. The summed E-state index contributed by atoms with van der Waals surface area (Å²) in [6.45, 7) is 4.57. The SMILES string of the molecule is CN=C(NCc1ccc(CN2CCCC2)cc1)NCc1cccc(S(=O)(=O)NC)c1.I. The standard InChI is InChI=1S/C22H31N5O2S.HI/c1-23-22(26-16-20-6-5-7-21(14-20)30(28,29)24-2)25-15-18-8-10-19(11-9-18)17-27-12-3-4-13-27;/h5-11,14,24H,3-4,12-13,15-17H2,1-2H3,(H2,23,25,26);1H. The number of hydrogen-bond donors (Lipinski definition) is 3. The van der Waals surface area contributed by atoms with Gasteiger partial charge in [0, 0.05) is 26.7 Å². The highest BCUT2D eigenvalue weighted by molar-refractivity contribution is 14.0. The minimum Gasteiger partial charge on any atom is -0.352 e. The molecule has 31 heavy (non-hydrogen) atoms. The lowest BCUT2D eigenvalue weighted by atomic mass is 10.1. The van der Waals surface area contributed by atoms with Crippen molar-refractivity contribution < 1.29 is 8.42 Å². The summed E-state index contributed by atoms with van der Waals surface area (Å²) in [6, 6.07) is 15.5. The highest BCUT2D eigenvalue weighted by Gasteiger charge is 2.12. The molecule has 0 aromatic heterocycles. The average molecular weight is 558 g/mol. The molecule has 1 aliphatic rings. The molecule has 0 radical (unpaired) electrons. The van der Waals surface area contributed by atoms with E-state index in [9.17, 15) is 8.42 Å². The van der Waals surface area contributed by atoms with Crippen molar-refractivity contribution in [2.45, 2.75) is 37.4 Å². The molecular weight excluding hydrogens is 525 g/mol. The number of halogens is 1. The van der Waals surface area contributed by atoms with Crippen LogP contribution >= 0.6 is 24.0 Å². The molecule has 170 valence electrons. The van der Waals surface area contributed by atoms with Crippen LogP contribution in [0, 0.1) is 0 Å². The minimum absolute atomic E-state index is 0. The zero-order chi connectivity index (χ0) is 21.4. The average Bonchev–Trinajstić information content (AvgIpc) is 3.28. The first-order valence-electron chi connectivity index (χ1n) is 10.3. The van der Waals surface area contributed by atoms with Crippen LogP contribution < -0.4 is 15.4 Å². The predicted molar refractivity (Wildman–Crippen MR) is 136 cm³/mol. The third-order valence-corrected chi connectivity index (χ3v) is 6.66. The van der Waals surface area contributed by atoms with Crippen molar-refractivity contribution in [3.05, 3.63) is 65.2 Å². The highest BCUT2D eigenvalue weighted by Crippen LogP contribution is 2.13.